The molecule has 0 aliphatic heterocycles. The number of hydrogen-bond acceptors (Lipinski definition) is 6. The van der Waals surface area contributed by atoms with Crippen molar-refractivity contribution >= 4 is 23.3 Å². The van der Waals surface area contributed by atoms with Gasteiger partial charge in [0, 0.05) is 24.3 Å². The lowest BCUT2D eigenvalue weighted by atomic mass is 9.93. The van der Waals surface area contributed by atoms with Crippen molar-refractivity contribution in [3.8, 4) is 11.3 Å². The van der Waals surface area contributed by atoms with Gasteiger partial charge in [0.1, 0.15) is 0 Å². The highest BCUT2D eigenvalue weighted by molar-refractivity contribution is 6.06. The van der Waals surface area contributed by atoms with Crippen LogP contribution in [0.1, 0.15) is 48.0 Å². The van der Waals surface area contributed by atoms with Crippen LogP contribution < -0.4 is 16.4 Å². The third-order valence-electron chi connectivity index (χ3n) is 5.50. The van der Waals surface area contributed by atoms with Gasteiger partial charge in [0.05, 0.1) is 18.0 Å². The topological polar surface area (TPSA) is 130 Å². The van der Waals surface area contributed by atoms with Gasteiger partial charge in [0.25, 0.3) is 11.8 Å². The SMILES string of the molecule is Nc1ncc(-c2cccc(C(=O)NC3CCC(O)CC3)c2)nc1C(=O)Nc1ccccc1.[HH]. The molecular formula is C24H27N5O3. The van der Waals surface area contributed by atoms with Crippen molar-refractivity contribution < 1.29 is 16.1 Å². The van der Waals surface area contributed by atoms with Gasteiger partial charge < -0.3 is 21.5 Å². The number of aliphatic hydroxyl groups excluding tert-OH is 1. The molecule has 1 aliphatic carbocycles. The molecule has 3 aromatic rings. The highest BCUT2D eigenvalue weighted by Crippen LogP contribution is 2.22. The zero-order chi connectivity index (χ0) is 22.5. The molecule has 0 bridgehead atoms. The van der Waals surface area contributed by atoms with Gasteiger partial charge in [-0.05, 0) is 49.9 Å². The Bertz CT molecular complexity index is 1120. The second-order valence-electron chi connectivity index (χ2n) is 7.87. The molecule has 1 fully saturated rings. The van der Waals surface area contributed by atoms with Crippen LogP contribution in [-0.4, -0.2) is 39.0 Å². The molecule has 0 radical (unpaired) electrons. The summed E-state index contributed by atoms with van der Waals surface area (Å²) in [4.78, 5) is 33.9. The number of carbonyl (C=O) groups is 2. The Kier molecular flexibility index (Phi) is 6.42. The lowest BCUT2D eigenvalue weighted by Gasteiger charge is -2.26. The van der Waals surface area contributed by atoms with Crippen LogP contribution in [0.3, 0.4) is 0 Å². The summed E-state index contributed by atoms with van der Waals surface area (Å²) >= 11 is 0. The molecule has 0 spiro atoms. The Morgan fingerprint density at radius 1 is 1.00 bits per heavy atom. The molecule has 1 heterocycles. The number of benzene rings is 2. The first-order chi connectivity index (χ1) is 15.5. The molecule has 8 heteroatoms. The number of carbonyl (C=O) groups excluding carboxylic acids is 2. The molecule has 1 aliphatic rings. The standard InChI is InChI=1S/C24H25N5O3.H2/c25-22-21(24(32)28-17-7-2-1-3-8-17)29-20(14-26-22)15-5-4-6-16(13-15)23(31)27-18-9-11-19(30)12-10-18;/h1-8,13-14,18-19,30H,9-12H2,(H2,25,26)(H,27,31)(H,28,32);1H. The van der Waals surface area contributed by atoms with Crippen molar-refractivity contribution in [3.05, 3.63) is 72.1 Å². The molecule has 166 valence electrons. The van der Waals surface area contributed by atoms with Crippen molar-refractivity contribution in [1.82, 2.24) is 15.3 Å². The lowest BCUT2D eigenvalue weighted by molar-refractivity contribution is 0.0867. The predicted molar refractivity (Wildman–Crippen MR) is 124 cm³/mol. The normalized spacial score (nSPS) is 18.0. The van der Waals surface area contributed by atoms with Gasteiger partial charge in [0.15, 0.2) is 11.5 Å². The number of nitrogens with two attached hydrogens (primary N) is 1. The van der Waals surface area contributed by atoms with E-state index >= 15 is 0 Å². The lowest BCUT2D eigenvalue weighted by Crippen LogP contribution is -2.38. The van der Waals surface area contributed by atoms with Gasteiger partial charge in [-0.15, -0.1) is 0 Å². The number of aliphatic hydroxyl groups is 1. The Balaban J connectivity index is 0.00000306. The maximum absolute atomic E-state index is 12.7. The van der Waals surface area contributed by atoms with Crippen LogP contribution in [0.2, 0.25) is 0 Å². The maximum Gasteiger partial charge on any atom is 0.278 e. The highest BCUT2D eigenvalue weighted by atomic mass is 16.3. The second kappa shape index (κ2) is 9.57. The molecule has 1 aromatic heterocycles. The minimum atomic E-state index is -0.462. The monoisotopic (exact) mass is 433 g/mol. The molecule has 0 saturated heterocycles. The van der Waals surface area contributed by atoms with E-state index < -0.39 is 5.91 Å². The van der Waals surface area contributed by atoms with Crippen molar-refractivity contribution in [2.75, 3.05) is 11.1 Å². The first kappa shape index (κ1) is 21.5. The largest absolute Gasteiger partial charge is 0.393 e. The van der Waals surface area contributed by atoms with Crippen LogP contribution in [0.5, 0.6) is 0 Å². The maximum atomic E-state index is 12.7. The van der Waals surface area contributed by atoms with Gasteiger partial charge in [-0.3, -0.25) is 9.59 Å². The minimum Gasteiger partial charge on any atom is -0.393 e. The van der Waals surface area contributed by atoms with E-state index in [4.69, 9.17) is 5.73 Å². The Hall–Kier alpha value is -3.78. The van der Waals surface area contributed by atoms with E-state index in [0.29, 0.717) is 35.3 Å². The van der Waals surface area contributed by atoms with E-state index in [-0.39, 0.29) is 31.0 Å². The van der Waals surface area contributed by atoms with Gasteiger partial charge in [0.2, 0.25) is 0 Å². The van der Waals surface area contributed by atoms with Crippen molar-refractivity contribution in [1.29, 1.82) is 0 Å². The highest BCUT2D eigenvalue weighted by Gasteiger charge is 2.21. The fraction of sp³-hybridized carbons (Fsp3) is 0.250. The van der Waals surface area contributed by atoms with E-state index in [1.165, 1.54) is 6.20 Å². The van der Waals surface area contributed by atoms with Crippen LogP contribution in [0.4, 0.5) is 11.5 Å². The summed E-state index contributed by atoms with van der Waals surface area (Å²) in [7, 11) is 0. The number of nitrogens with one attached hydrogen (secondary N) is 2. The summed E-state index contributed by atoms with van der Waals surface area (Å²) in [6.45, 7) is 0. The molecule has 5 N–H and O–H groups in total. The Morgan fingerprint density at radius 2 is 1.75 bits per heavy atom. The molecule has 0 atom stereocenters. The van der Waals surface area contributed by atoms with E-state index in [0.717, 1.165) is 12.8 Å². The van der Waals surface area contributed by atoms with E-state index in [9.17, 15) is 14.7 Å². The third-order valence-corrected chi connectivity index (χ3v) is 5.50. The Morgan fingerprint density at radius 3 is 2.50 bits per heavy atom. The number of amides is 2. The third kappa shape index (κ3) is 5.09. The van der Waals surface area contributed by atoms with Crippen molar-refractivity contribution in [2.45, 2.75) is 37.8 Å². The molecular weight excluding hydrogens is 406 g/mol. The molecule has 2 aromatic carbocycles. The van der Waals surface area contributed by atoms with E-state index in [2.05, 4.69) is 20.6 Å². The zero-order valence-corrected chi connectivity index (χ0v) is 17.5. The number of aromatic nitrogens is 2. The zero-order valence-electron chi connectivity index (χ0n) is 17.5. The number of hydrogen-bond donors (Lipinski definition) is 4. The van der Waals surface area contributed by atoms with E-state index in [1.54, 1.807) is 36.4 Å². The quantitative estimate of drug-likeness (QED) is 0.489. The Labute approximate surface area is 187 Å². The van der Waals surface area contributed by atoms with E-state index in [1.807, 2.05) is 18.2 Å². The van der Waals surface area contributed by atoms with Gasteiger partial charge in [-0.1, -0.05) is 30.3 Å². The number of para-hydroxylation sites is 1. The number of nitrogen functional groups attached to an aromatic ring is 1. The molecule has 1 saturated carbocycles. The summed E-state index contributed by atoms with van der Waals surface area (Å²) in [5.41, 5.74) is 8.11. The fourth-order valence-electron chi connectivity index (χ4n) is 3.73. The molecule has 2 amide bonds. The smallest absolute Gasteiger partial charge is 0.278 e. The first-order valence-electron chi connectivity index (χ1n) is 10.6. The number of rotatable bonds is 5. The van der Waals surface area contributed by atoms with Crippen LogP contribution in [-0.2, 0) is 0 Å². The first-order valence-corrected chi connectivity index (χ1v) is 10.6. The molecule has 8 nitrogen and oxygen atoms in total. The van der Waals surface area contributed by atoms with Gasteiger partial charge >= 0.3 is 0 Å². The van der Waals surface area contributed by atoms with Crippen molar-refractivity contribution in [2.24, 2.45) is 0 Å². The average Bonchev–Trinajstić information content (AvgIpc) is 2.81. The summed E-state index contributed by atoms with van der Waals surface area (Å²) in [5.74, 6) is -0.620. The summed E-state index contributed by atoms with van der Waals surface area (Å²) in [5, 5.41) is 15.4. The summed E-state index contributed by atoms with van der Waals surface area (Å²) in [6.07, 6.45) is 4.11. The van der Waals surface area contributed by atoms with Crippen LogP contribution in [0, 0.1) is 0 Å². The fourth-order valence-corrected chi connectivity index (χ4v) is 3.73. The summed E-state index contributed by atoms with van der Waals surface area (Å²) in [6, 6.07) is 16.1. The van der Waals surface area contributed by atoms with Crippen LogP contribution in [0.25, 0.3) is 11.3 Å². The molecule has 32 heavy (non-hydrogen) atoms. The van der Waals surface area contributed by atoms with Gasteiger partial charge in [-0.2, -0.15) is 0 Å². The minimum absolute atomic E-state index is 0. The number of anilines is 2. The molecule has 0 unspecified atom stereocenters. The number of nitrogens with zero attached hydrogens (tertiary/aromatic N) is 2. The molecule has 4 rings (SSSR count). The van der Waals surface area contributed by atoms with Crippen LogP contribution in [0.15, 0.2) is 60.8 Å². The predicted octanol–water partition coefficient (Wildman–Crippen LogP) is 3.26. The average molecular weight is 434 g/mol. The van der Waals surface area contributed by atoms with Crippen LogP contribution >= 0.6 is 0 Å². The second-order valence-corrected chi connectivity index (χ2v) is 7.87. The summed E-state index contributed by atoms with van der Waals surface area (Å²) < 4.78 is 0. The van der Waals surface area contributed by atoms with Crippen molar-refractivity contribution in [3.63, 3.8) is 0 Å². The van der Waals surface area contributed by atoms with Gasteiger partial charge in [-0.25, -0.2) is 9.97 Å².